The average molecular weight is 250 g/mol. The van der Waals surface area contributed by atoms with Crippen LogP contribution in [0.4, 0.5) is 0 Å². The summed E-state index contributed by atoms with van der Waals surface area (Å²) >= 11 is 5.13. The summed E-state index contributed by atoms with van der Waals surface area (Å²) in [5.74, 6) is 11.1. The van der Waals surface area contributed by atoms with Crippen molar-refractivity contribution in [2.45, 2.75) is 38.0 Å². The van der Waals surface area contributed by atoms with Crippen molar-refractivity contribution in [3.05, 3.63) is 10.6 Å². The molecule has 3 N–H and O–H groups in total. The third-order valence-corrected chi connectivity index (χ3v) is 5.54. The molecule has 5 heteroatoms. The van der Waals surface area contributed by atoms with Gasteiger partial charge in [0.2, 0.25) is 4.77 Å². The summed E-state index contributed by atoms with van der Waals surface area (Å²) in [6.07, 6.45) is 7.03. The molecule has 4 aliphatic rings. The highest BCUT2D eigenvalue weighted by molar-refractivity contribution is 7.71. The highest BCUT2D eigenvalue weighted by Gasteiger charge is 2.50. The molecule has 17 heavy (non-hydrogen) atoms. The van der Waals surface area contributed by atoms with Crippen molar-refractivity contribution in [2.24, 2.45) is 23.7 Å². The number of aromatic amines is 1. The van der Waals surface area contributed by atoms with Gasteiger partial charge < -0.3 is 5.84 Å². The molecule has 0 amide bonds. The zero-order chi connectivity index (χ0) is 11.6. The number of hydrogen-bond donors (Lipinski definition) is 2. The Kier molecular flexibility index (Phi) is 1.99. The van der Waals surface area contributed by atoms with Crippen LogP contribution in [0.2, 0.25) is 0 Å². The van der Waals surface area contributed by atoms with E-state index in [4.69, 9.17) is 18.1 Å². The molecular weight excluding hydrogens is 232 g/mol. The van der Waals surface area contributed by atoms with E-state index in [9.17, 15) is 0 Å². The normalized spacial score (nSPS) is 43.2. The van der Waals surface area contributed by atoms with Crippen molar-refractivity contribution in [2.75, 3.05) is 5.84 Å². The number of nitrogens with one attached hydrogen (secondary N) is 1. The van der Waals surface area contributed by atoms with E-state index in [2.05, 4.69) is 10.2 Å². The first-order valence-electron chi connectivity index (χ1n) is 6.64. The number of nitrogens with two attached hydrogens (primary N) is 1. The van der Waals surface area contributed by atoms with Crippen LogP contribution in [0.25, 0.3) is 0 Å². The van der Waals surface area contributed by atoms with Crippen molar-refractivity contribution in [1.82, 2.24) is 14.9 Å². The predicted molar refractivity (Wildman–Crippen MR) is 67.3 cm³/mol. The van der Waals surface area contributed by atoms with E-state index >= 15 is 0 Å². The Hall–Kier alpha value is -0.840. The van der Waals surface area contributed by atoms with E-state index in [-0.39, 0.29) is 0 Å². The van der Waals surface area contributed by atoms with Crippen molar-refractivity contribution in [3.63, 3.8) is 0 Å². The van der Waals surface area contributed by atoms with E-state index < -0.39 is 0 Å². The smallest absolute Gasteiger partial charge is 0.214 e. The van der Waals surface area contributed by atoms with Gasteiger partial charge in [-0.1, -0.05) is 0 Å². The number of aromatic nitrogens is 3. The third kappa shape index (κ3) is 1.35. The summed E-state index contributed by atoms with van der Waals surface area (Å²) in [4.78, 5) is 0. The van der Waals surface area contributed by atoms with Crippen molar-refractivity contribution in [1.29, 1.82) is 0 Å². The maximum Gasteiger partial charge on any atom is 0.214 e. The van der Waals surface area contributed by atoms with Crippen LogP contribution < -0.4 is 5.84 Å². The summed E-state index contributed by atoms with van der Waals surface area (Å²) in [5, 5.41) is 7.22. The number of hydrogen-bond acceptors (Lipinski definition) is 3. The Morgan fingerprint density at radius 1 is 1.12 bits per heavy atom. The lowest BCUT2D eigenvalue weighted by molar-refractivity contribution is -0.00643. The van der Waals surface area contributed by atoms with Gasteiger partial charge in [0.15, 0.2) is 5.82 Å². The summed E-state index contributed by atoms with van der Waals surface area (Å²) < 4.78 is 2.15. The van der Waals surface area contributed by atoms with Crippen LogP contribution in [0, 0.1) is 28.4 Å². The minimum absolute atomic E-state index is 0.550. The van der Waals surface area contributed by atoms with Gasteiger partial charge in [0.25, 0.3) is 0 Å². The SMILES string of the molecule is Nn1c(C2C3CC4CC(C3)CC2C4)n[nH]c1=S. The fraction of sp³-hybridized carbons (Fsp3) is 0.833. The van der Waals surface area contributed by atoms with Gasteiger partial charge in [-0.25, -0.2) is 4.68 Å². The van der Waals surface area contributed by atoms with Crippen LogP contribution in [0.15, 0.2) is 0 Å². The van der Waals surface area contributed by atoms with Crippen LogP contribution in [-0.4, -0.2) is 14.9 Å². The second kappa shape index (κ2) is 3.34. The Bertz CT molecular complexity index is 475. The average Bonchev–Trinajstić information content (AvgIpc) is 2.60. The molecule has 5 rings (SSSR count). The summed E-state index contributed by atoms with van der Waals surface area (Å²) in [5.41, 5.74) is 0. The monoisotopic (exact) mass is 250 g/mol. The van der Waals surface area contributed by atoms with Gasteiger partial charge >= 0.3 is 0 Å². The molecule has 1 aromatic rings. The third-order valence-electron chi connectivity index (χ3n) is 5.26. The van der Waals surface area contributed by atoms with E-state index in [0.29, 0.717) is 10.7 Å². The lowest BCUT2D eigenvalue weighted by Gasteiger charge is -2.53. The molecule has 0 radical (unpaired) electrons. The molecule has 0 unspecified atom stereocenters. The largest absolute Gasteiger partial charge is 0.335 e. The maximum atomic E-state index is 6.00. The van der Waals surface area contributed by atoms with Gasteiger partial charge in [0.1, 0.15) is 0 Å². The number of H-pyrrole nitrogens is 1. The molecule has 4 saturated carbocycles. The number of rotatable bonds is 1. The lowest BCUT2D eigenvalue weighted by atomic mass is 9.52. The topological polar surface area (TPSA) is 59.6 Å². The Labute approximate surface area is 106 Å². The lowest BCUT2D eigenvalue weighted by Crippen LogP contribution is -2.45. The fourth-order valence-electron chi connectivity index (χ4n) is 4.90. The molecule has 0 saturated heterocycles. The second-order valence-corrected chi connectivity index (χ2v) is 6.60. The molecule has 92 valence electrons. The van der Waals surface area contributed by atoms with E-state index in [1.807, 2.05) is 0 Å². The van der Waals surface area contributed by atoms with Gasteiger partial charge in [0, 0.05) is 5.92 Å². The summed E-state index contributed by atoms with van der Waals surface area (Å²) in [6.45, 7) is 0. The molecule has 1 aromatic heterocycles. The molecule has 4 bridgehead atoms. The number of nitrogens with zero attached hydrogens (tertiary/aromatic N) is 2. The molecule has 4 nitrogen and oxygen atoms in total. The summed E-state index contributed by atoms with van der Waals surface area (Å²) in [6, 6.07) is 0. The molecule has 0 spiro atoms. The van der Waals surface area contributed by atoms with Crippen LogP contribution in [0.5, 0.6) is 0 Å². The van der Waals surface area contributed by atoms with Gasteiger partial charge in [-0.15, -0.1) is 0 Å². The molecule has 0 aromatic carbocycles. The molecule has 4 aliphatic carbocycles. The molecular formula is C12H18N4S. The number of nitrogen functional groups attached to an aromatic ring is 1. The highest BCUT2D eigenvalue weighted by atomic mass is 32.1. The van der Waals surface area contributed by atoms with Crippen LogP contribution >= 0.6 is 12.2 Å². The first-order chi connectivity index (χ1) is 8.22. The van der Waals surface area contributed by atoms with Crippen LogP contribution in [0.1, 0.15) is 43.8 Å². The minimum Gasteiger partial charge on any atom is -0.335 e. The first kappa shape index (κ1) is 10.1. The van der Waals surface area contributed by atoms with Crippen LogP contribution in [0.3, 0.4) is 0 Å². The van der Waals surface area contributed by atoms with Crippen molar-refractivity contribution >= 4 is 12.2 Å². The first-order valence-corrected chi connectivity index (χ1v) is 7.05. The van der Waals surface area contributed by atoms with E-state index in [0.717, 1.165) is 29.5 Å². The highest BCUT2D eigenvalue weighted by Crippen LogP contribution is 2.59. The quantitative estimate of drug-likeness (QED) is 0.593. The van der Waals surface area contributed by atoms with Gasteiger partial charge in [0.05, 0.1) is 0 Å². The van der Waals surface area contributed by atoms with Crippen molar-refractivity contribution in [3.8, 4) is 0 Å². The zero-order valence-electron chi connectivity index (χ0n) is 9.80. The van der Waals surface area contributed by atoms with Gasteiger partial charge in [-0.05, 0) is 68.0 Å². The maximum absolute atomic E-state index is 6.00. The molecule has 1 heterocycles. The Morgan fingerprint density at radius 3 is 2.18 bits per heavy atom. The van der Waals surface area contributed by atoms with Gasteiger partial charge in [-0.2, -0.15) is 5.10 Å². The Balaban J connectivity index is 1.75. The second-order valence-electron chi connectivity index (χ2n) is 6.21. The molecule has 0 atom stereocenters. The van der Waals surface area contributed by atoms with Crippen LogP contribution in [-0.2, 0) is 0 Å². The fourth-order valence-corrected chi connectivity index (χ4v) is 5.04. The Morgan fingerprint density at radius 2 is 1.71 bits per heavy atom. The minimum atomic E-state index is 0.550. The van der Waals surface area contributed by atoms with Gasteiger partial charge in [-0.3, -0.25) is 5.10 Å². The van der Waals surface area contributed by atoms with Crippen molar-refractivity contribution < 1.29 is 0 Å². The molecule has 0 aliphatic heterocycles. The van der Waals surface area contributed by atoms with E-state index in [1.54, 1.807) is 4.68 Å². The standard InChI is InChI=1S/C12H18N4S/c13-16-11(14-15-12(16)17)10-8-2-6-1-7(4-8)5-9(10)3-6/h6-10H,1-5,13H2,(H,15,17). The molecule has 4 fully saturated rings. The predicted octanol–water partition coefficient (Wildman–Crippen LogP) is 2.19. The summed E-state index contributed by atoms with van der Waals surface area (Å²) in [7, 11) is 0. The zero-order valence-corrected chi connectivity index (χ0v) is 10.6. The van der Waals surface area contributed by atoms with E-state index in [1.165, 1.54) is 32.1 Å².